The second-order valence-electron chi connectivity index (χ2n) is 3.69. The number of halogens is 1. The van der Waals surface area contributed by atoms with Crippen molar-refractivity contribution in [1.29, 1.82) is 0 Å². The van der Waals surface area contributed by atoms with E-state index in [4.69, 9.17) is 4.74 Å². The topological polar surface area (TPSA) is 47.0 Å². The van der Waals surface area contributed by atoms with E-state index in [1.165, 1.54) is 11.5 Å². The zero-order valence-electron chi connectivity index (χ0n) is 10.0. The predicted molar refractivity (Wildman–Crippen MR) is 76.6 cm³/mol. The molecule has 1 aromatic heterocycles. The highest BCUT2D eigenvalue weighted by atomic mass is 79.9. The van der Waals surface area contributed by atoms with E-state index < -0.39 is 0 Å². The highest BCUT2D eigenvalue weighted by Crippen LogP contribution is 2.30. The van der Waals surface area contributed by atoms with Crippen LogP contribution in [0, 0.1) is 0 Å². The summed E-state index contributed by atoms with van der Waals surface area (Å²) in [5.41, 5.74) is 2.02. The van der Waals surface area contributed by atoms with Crippen molar-refractivity contribution in [3.63, 3.8) is 0 Å². The Morgan fingerprint density at radius 1 is 1.39 bits per heavy atom. The van der Waals surface area contributed by atoms with Crippen molar-refractivity contribution in [2.75, 3.05) is 20.3 Å². The van der Waals surface area contributed by atoms with Gasteiger partial charge < -0.3 is 10.1 Å². The zero-order chi connectivity index (χ0) is 12.8. The van der Waals surface area contributed by atoms with Crippen molar-refractivity contribution >= 4 is 27.5 Å². The summed E-state index contributed by atoms with van der Waals surface area (Å²) in [6.07, 6.45) is 0. The first-order chi connectivity index (χ1) is 8.83. The summed E-state index contributed by atoms with van der Waals surface area (Å²) in [5, 5.41) is 7.52. The third-order valence-corrected chi connectivity index (χ3v) is 3.87. The van der Waals surface area contributed by atoms with Gasteiger partial charge in [0, 0.05) is 30.2 Å². The van der Waals surface area contributed by atoms with E-state index in [0.717, 1.165) is 33.7 Å². The van der Waals surface area contributed by atoms with Crippen LogP contribution >= 0.6 is 27.5 Å². The first-order valence-corrected chi connectivity index (χ1v) is 7.15. The molecule has 0 aliphatic rings. The third-order valence-electron chi connectivity index (χ3n) is 2.45. The van der Waals surface area contributed by atoms with Gasteiger partial charge in [0.2, 0.25) is 0 Å². The molecular formula is C12H14BrN3OS. The van der Waals surface area contributed by atoms with E-state index in [2.05, 4.69) is 30.8 Å². The lowest BCUT2D eigenvalue weighted by molar-refractivity contribution is 0.199. The first-order valence-electron chi connectivity index (χ1n) is 5.58. The molecule has 0 atom stereocenters. The summed E-state index contributed by atoms with van der Waals surface area (Å²) in [7, 11) is 1.70. The number of aromatic nitrogens is 2. The number of methoxy groups -OCH3 is 1. The van der Waals surface area contributed by atoms with Gasteiger partial charge in [0.25, 0.3) is 0 Å². The Kier molecular flexibility index (Phi) is 5.25. The van der Waals surface area contributed by atoms with E-state index in [1.54, 1.807) is 7.11 Å². The van der Waals surface area contributed by atoms with Crippen LogP contribution in [0.2, 0.25) is 0 Å². The van der Waals surface area contributed by atoms with Crippen molar-refractivity contribution in [2.45, 2.75) is 6.54 Å². The van der Waals surface area contributed by atoms with Crippen molar-refractivity contribution in [1.82, 2.24) is 14.9 Å². The second kappa shape index (κ2) is 6.94. The van der Waals surface area contributed by atoms with Crippen LogP contribution in [0.15, 0.2) is 28.7 Å². The minimum atomic E-state index is 0.705. The Morgan fingerprint density at radius 2 is 2.22 bits per heavy atom. The van der Waals surface area contributed by atoms with Crippen LogP contribution in [0.4, 0.5) is 0 Å². The fourth-order valence-electron chi connectivity index (χ4n) is 1.56. The smallest absolute Gasteiger partial charge is 0.111 e. The molecule has 0 saturated carbocycles. The molecule has 0 bridgehead atoms. The monoisotopic (exact) mass is 327 g/mol. The molecule has 0 radical (unpaired) electrons. The van der Waals surface area contributed by atoms with Gasteiger partial charge in [0.1, 0.15) is 5.69 Å². The summed E-state index contributed by atoms with van der Waals surface area (Å²) in [5.74, 6) is 0. The van der Waals surface area contributed by atoms with Gasteiger partial charge in [-0.1, -0.05) is 38.6 Å². The van der Waals surface area contributed by atoms with Gasteiger partial charge >= 0.3 is 0 Å². The average Bonchev–Trinajstić information content (AvgIpc) is 2.83. The number of ether oxygens (including phenoxy) is 1. The Bertz CT molecular complexity index is 504. The molecule has 2 aromatic rings. The molecule has 6 heteroatoms. The molecule has 18 heavy (non-hydrogen) atoms. The van der Waals surface area contributed by atoms with Crippen LogP contribution in [-0.4, -0.2) is 29.8 Å². The summed E-state index contributed by atoms with van der Waals surface area (Å²) < 4.78 is 10.1. The number of hydrogen-bond acceptors (Lipinski definition) is 5. The Balaban J connectivity index is 2.10. The normalized spacial score (nSPS) is 10.8. The van der Waals surface area contributed by atoms with Crippen molar-refractivity contribution in [2.24, 2.45) is 0 Å². The highest BCUT2D eigenvalue weighted by Gasteiger charge is 2.12. The van der Waals surface area contributed by atoms with Gasteiger partial charge in [-0.05, 0) is 17.6 Å². The molecule has 4 nitrogen and oxygen atoms in total. The van der Waals surface area contributed by atoms with Gasteiger partial charge in [-0.15, -0.1) is 5.10 Å². The standard InChI is InChI=1S/C12H14BrN3OS/c1-17-7-6-14-8-11-12(15-16-18-11)9-4-2-3-5-10(9)13/h2-5,14H,6-8H2,1H3. The van der Waals surface area contributed by atoms with Crippen LogP contribution in [0.25, 0.3) is 11.3 Å². The maximum atomic E-state index is 5.00. The maximum Gasteiger partial charge on any atom is 0.111 e. The summed E-state index contributed by atoms with van der Waals surface area (Å²) in [6, 6.07) is 8.04. The number of rotatable bonds is 6. The largest absolute Gasteiger partial charge is 0.383 e. The van der Waals surface area contributed by atoms with E-state index >= 15 is 0 Å². The van der Waals surface area contributed by atoms with Crippen LogP contribution < -0.4 is 5.32 Å². The molecule has 0 aliphatic carbocycles. The first kappa shape index (κ1) is 13.6. The molecule has 0 saturated heterocycles. The minimum Gasteiger partial charge on any atom is -0.383 e. The maximum absolute atomic E-state index is 5.00. The third kappa shape index (κ3) is 3.35. The summed E-state index contributed by atoms with van der Waals surface area (Å²) in [4.78, 5) is 1.14. The molecule has 1 heterocycles. The van der Waals surface area contributed by atoms with Gasteiger partial charge in [0.15, 0.2) is 0 Å². The van der Waals surface area contributed by atoms with Crippen LogP contribution in [-0.2, 0) is 11.3 Å². The SMILES string of the molecule is COCCNCc1snnc1-c1ccccc1Br. The second-order valence-corrected chi connectivity index (χ2v) is 5.39. The van der Waals surface area contributed by atoms with Crippen molar-refractivity contribution < 1.29 is 4.74 Å². The number of nitrogens with one attached hydrogen (secondary N) is 1. The molecule has 96 valence electrons. The molecule has 0 amide bonds. The van der Waals surface area contributed by atoms with Crippen molar-refractivity contribution in [3.05, 3.63) is 33.6 Å². The average molecular weight is 328 g/mol. The highest BCUT2D eigenvalue weighted by molar-refractivity contribution is 9.10. The van der Waals surface area contributed by atoms with Crippen LogP contribution in [0.3, 0.4) is 0 Å². The fraction of sp³-hybridized carbons (Fsp3) is 0.333. The van der Waals surface area contributed by atoms with Gasteiger partial charge in [-0.2, -0.15) is 0 Å². The van der Waals surface area contributed by atoms with E-state index in [1.807, 2.05) is 24.3 Å². The van der Waals surface area contributed by atoms with Gasteiger partial charge in [-0.3, -0.25) is 0 Å². The zero-order valence-corrected chi connectivity index (χ0v) is 12.4. The quantitative estimate of drug-likeness (QED) is 0.829. The molecule has 1 N–H and O–H groups in total. The number of hydrogen-bond donors (Lipinski definition) is 1. The number of nitrogens with zero attached hydrogens (tertiary/aromatic N) is 2. The predicted octanol–water partition coefficient (Wildman–Crippen LogP) is 2.70. The molecule has 0 fully saturated rings. The summed E-state index contributed by atoms with van der Waals surface area (Å²) in [6.45, 7) is 2.29. The van der Waals surface area contributed by atoms with E-state index in [9.17, 15) is 0 Å². The van der Waals surface area contributed by atoms with Gasteiger partial charge in [0.05, 0.1) is 11.5 Å². The summed E-state index contributed by atoms with van der Waals surface area (Å²) >= 11 is 4.97. The molecule has 1 aromatic carbocycles. The van der Waals surface area contributed by atoms with E-state index in [0.29, 0.717) is 6.61 Å². The van der Waals surface area contributed by atoms with E-state index in [-0.39, 0.29) is 0 Å². The molecule has 2 rings (SSSR count). The lowest BCUT2D eigenvalue weighted by atomic mass is 10.1. The molecule has 0 spiro atoms. The number of benzene rings is 1. The Labute approximate surface area is 119 Å². The van der Waals surface area contributed by atoms with Crippen molar-refractivity contribution in [3.8, 4) is 11.3 Å². The lowest BCUT2D eigenvalue weighted by Gasteiger charge is -2.05. The van der Waals surface area contributed by atoms with Crippen LogP contribution in [0.1, 0.15) is 4.88 Å². The lowest BCUT2D eigenvalue weighted by Crippen LogP contribution is -2.18. The molecular weight excluding hydrogens is 314 g/mol. The Hall–Kier alpha value is -0.820. The van der Waals surface area contributed by atoms with Gasteiger partial charge in [-0.25, -0.2) is 0 Å². The molecule has 0 aliphatic heterocycles. The van der Waals surface area contributed by atoms with Crippen LogP contribution in [0.5, 0.6) is 0 Å². The molecule has 0 unspecified atom stereocenters. The Morgan fingerprint density at radius 3 is 3.00 bits per heavy atom. The fourth-order valence-corrected chi connectivity index (χ4v) is 2.66. The minimum absolute atomic E-state index is 0.705.